The van der Waals surface area contributed by atoms with Gasteiger partial charge in [0, 0.05) is 25.7 Å². The van der Waals surface area contributed by atoms with Gasteiger partial charge in [-0.05, 0) is 40.2 Å². The Morgan fingerprint density at radius 1 is 1.53 bits per heavy atom. The predicted molar refractivity (Wildman–Crippen MR) is 65.9 cm³/mol. The lowest BCUT2D eigenvalue weighted by molar-refractivity contribution is 0.0243. The number of carbonyl (C=O) groups excluding carboxylic acids is 1. The molecular weight excluding hydrogens is 220 g/mol. The van der Waals surface area contributed by atoms with Crippen molar-refractivity contribution in [1.29, 1.82) is 0 Å². The molecule has 0 aliphatic carbocycles. The van der Waals surface area contributed by atoms with E-state index in [0.717, 1.165) is 13.0 Å². The summed E-state index contributed by atoms with van der Waals surface area (Å²) in [5, 5.41) is 12.3. The summed E-state index contributed by atoms with van der Waals surface area (Å²) >= 11 is 0. The van der Waals surface area contributed by atoms with Gasteiger partial charge in [-0.1, -0.05) is 0 Å². The van der Waals surface area contributed by atoms with E-state index < -0.39 is 5.60 Å². The van der Waals surface area contributed by atoms with E-state index in [0.29, 0.717) is 19.5 Å². The summed E-state index contributed by atoms with van der Waals surface area (Å²) in [5.74, 6) is 0. The maximum atomic E-state index is 11.9. The van der Waals surface area contributed by atoms with E-state index >= 15 is 0 Å². The van der Waals surface area contributed by atoms with Crippen LogP contribution in [0, 0.1) is 0 Å². The number of hydrogen-bond donors (Lipinski definition) is 2. The third-order valence-electron chi connectivity index (χ3n) is 2.61. The molecule has 5 nitrogen and oxygen atoms in total. The summed E-state index contributed by atoms with van der Waals surface area (Å²) in [5.41, 5.74) is -0.455. The Morgan fingerprint density at radius 2 is 2.24 bits per heavy atom. The van der Waals surface area contributed by atoms with Crippen LogP contribution in [0.25, 0.3) is 0 Å². The molecule has 2 N–H and O–H groups in total. The first-order chi connectivity index (χ1) is 7.92. The van der Waals surface area contributed by atoms with Crippen molar-refractivity contribution in [3.05, 3.63) is 0 Å². The van der Waals surface area contributed by atoms with Crippen molar-refractivity contribution in [1.82, 2.24) is 10.2 Å². The van der Waals surface area contributed by atoms with Crippen LogP contribution in [0.1, 0.15) is 33.6 Å². The van der Waals surface area contributed by atoms with E-state index in [2.05, 4.69) is 5.32 Å². The molecule has 1 aliphatic rings. The molecule has 0 bridgehead atoms. The van der Waals surface area contributed by atoms with Gasteiger partial charge in [-0.25, -0.2) is 4.79 Å². The number of nitrogens with one attached hydrogen (secondary N) is 1. The lowest BCUT2D eigenvalue weighted by atomic mass is 10.2. The van der Waals surface area contributed by atoms with Crippen molar-refractivity contribution in [2.24, 2.45) is 0 Å². The topological polar surface area (TPSA) is 61.8 Å². The molecule has 17 heavy (non-hydrogen) atoms. The van der Waals surface area contributed by atoms with Gasteiger partial charge in [0.25, 0.3) is 0 Å². The highest BCUT2D eigenvalue weighted by Crippen LogP contribution is 2.12. The van der Waals surface area contributed by atoms with Crippen molar-refractivity contribution >= 4 is 6.09 Å². The van der Waals surface area contributed by atoms with Crippen LogP contribution in [-0.4, -0.2) is 54.0 Å². The third kappa shape index (κ3) is 5.37. The van der Waals surface area contributed by atoms with Gasteiger partial charge in [0.2, 0.25) is 0 Å². The van der Waals surface area contributed by atoms with E-state index in [9.17, 15) is 4.79 Å². The molecule has 5 heteroatoms. The van der Waals surface area contributed by atoms with Gasteiger partial charge in [0.15, 0.2) is 0 Å². The third-order valence-corrected chi connectivity index (χ3v) is 2.61. The summed E-state index contributed by atoms with van der Waals surface area (Å²) in [6.45, 7) is 7.94. The second-order valence-corrected chi connectivity index (χ2v) is 5.44. The zero-order valence-electron chi connectivity index (χ0n) is 11.0. The second kappa shape index (κ2) is 6.21. The average Bonchev–Trinajstić information content (AvgIpc) is 2.41. The van der Waals surface area contributed by atoms with Crippen molar-refractivity contribution in [3.8, 4) is 0 Å². The molecular formula is C12H24N2O3. The van der Waals surface area contributed by atoms with Crippen molar-refractivity contribution in [2.75, 3.05) is 26.2 Å². The molecule has 1 amide bonds. The Balaban J connectivity index is 2.53. The van der Waals surface area contributed by atoms with Gasteiger partial charge in [0.1, 0.15) is 5.60 Å². The van der Waals surface area contributed by atoms with Gasteiger partial charge >= 0.3 is 6.09 Å². The number of carbonyl (C=O) groups is 1. The fraction of sp³-hybridized carbons (Fsp3) is 0.917. The van der Waals surface area contributed by atoms with E-state index in [-0.39, 0.29) is 18.7 Å². The standard InChI is InChI=1S/C12H24N2O3/c1-12(2,3)17-11(16)14-7-4-6-13-10(9-14)5-8-15/h10,13,15H,4-9H2,1-3H3. The van der Waals surface area contributed by atoms with Gasteiger partial charge in [0.05, 0.1) is 0 Å². The summed E-state index contributed by atoms with van der Waals surface area (Å²) in [6.07, 6.45) is 1.32. The van der Waals surface area contributed by atoms with Crippen LogP contribution in [0.15, 0.2) is 0 Å². The van der Waals surface area contributed by atoms with Gasteiger partial charge in [-0.15, -0.1) is 0 Å². The van der Waals surface area contributed by atoms with Crippen LogP contribution in [0.2, 0.25) is 0 Å². The highest BCUT2D eigenvalue weighted by atomic mass is 16.6. The number of amides is 1. The van der Waals surface area contributed by atoms with Crippen LogP contribution in [0.4, 0.5) is 4.79 Å². The molecule has 0 aromatic rings. The first-order valence-electron chi connectivity index (χ1n) is 6.24. The maximum absolute atomic E-state index is 11.9. The molecule has 1 saturated heterocycles. The highest BCUT2D eigenvalue weighted by molar-refractivity contribution is 5.68. The van der Waals surface area contributed by atoms with Crippen LogP contribution in [0.5, 0.6) is 0 Å². The van der Waals surface area contributed by atoms with Gasteiger partial charge in [-0.3, -0.25) is 0 Å². The van der Waals surface area contributed by atoms with Gasteiger partial charge < -0.3 is 20.1 Å². The molecule has 1 rings (SSSR count). The number of hydrogen-bond acceptors (Lipinski definition) is 4. The molecule has 1 unspecified atom stereocenters. The van der Waals surface area contributed by atoms with Crippen LogP contribution >= 0.6 is 0 Å². The Hall–Kier alpha value is -0.810. The SMILES string of the molecule is CC(C)(C)OC(=O)N1CCCNC(CCO)C1. The fourth-order valence-electron chi connectivity index (χ4n) is 1.84. The quantitative estimate of drug-likeness (QED) is 0.760. The van der Waals surface area contributed by atoms with Crippen LogP contribution < -0.4 is 5.32 Å². The monoisotopic (exact) mass is 244 g/mol. The zero-order valence-corrected chi connectivity index (χ0v) is 11.0. The largest absolute Gasteiger partial charge is 0.444 e. The summed E-state index contributed by atoms with van der Waals surface area (Å²) in [6, 6.07) is 0.162. The summed E-state index contributed by atoms with van der Waals surface area (Å²) in [7, 11) is 0. The van der Waals surface area contributed by atoms with Crippen molar-refractivity contribution in [2.45, 2.75) is 45.3 Å². The maximum Gasteiger partial charge on any atom is 0.410 e. The van der Waals surface area contributed by atoms with E-state index in [1.54, 1.807) is 4.90 Å². The first-order valence-corrected chi connectivity index (χ1v) is 6.24. The minimum absolute atomic E-state index is 0.139. The predicted octanol–water partition coefficient (Wildman–Crippen LogP) is 0.968. The van der Waals surface area contributed by atoms with Crippen LogP contribution in [0.3, 0.4) is 0 Å². The van der Waals surface area contributed by atoms with Crippen molar-refractivity contribution in [3.63, 3.8) is 0 Å². The van der Waals surface area contributed by atoms with Crippen molar-refractivity contribution < 1.29 is 14.6 Å². The lowest BCUT2D eigenvalue weighted by Crippen LogP contribution is -2.43. The zero-order chi connectivity index (χ0) is 12.9. The molecule has 1 aliphatic heterocycles. The fourth-order valence-corrected chi connectivity index (χ4v) is 1.84. The number of ether oxygens (including phenoxy) is 1. The second-order valence-electron chi connectivity index (χ2n) is 5.44. The molecule has 0 spiro atoms. The minimum atomic E-state index is -0.455. The molecule has 0 aromatic heterocycles. The van der Waals surface area contributed by atoms with E-state index in [1.807, 2.05) is 20.8 Å². The molecule has 1 heterocycles. The number of rotatable bonds is 2. The summed E-state index contributed by atoms with van der Waals surface area (Å²) < 4.78 is 5.36. The van der Waals surface area contributed by atoms with E-state index in [4.69, 9.17) is 9.84 Å². The molecule has 0 aromatic carbocycles. The lowest BCUT2D eigenvalue weighted by Gasteiger charge is -2.28. The average molecular weight is 244 g/mol. The Morgan fingerprint density at radius 3 is 2.82 bits per heavy atom. The normalized spacial score (nSPS) is 22.1. The summed E-state index contributed by atoms with van der Waals surface area (Å²) in [4.78, 5) is 13.7. The van der Waals surface area contributed by atoms with Crippen LogP contribution in [-0.2, 0) is 4.74 Å². The van der Waals surface area contributed by atoms with Gasteiger partial charge in [-0.2, -0.15) is 0 Å². The molecule has 100 valence electrons. The number of nitrogens with zero attached hydrogens (tertiary/aromatic N) is 1. The number of aliphatic hydroxyl groups excluding tert-OH is 1. The molecule has 1 atom stereocenters. The minimum Gasteiger partial charge on any atom is -0.444 e. The first kappa shape index (κ1) is 14.3. The number of aliphatic hydroxyl groups is 1. The molecule has 0 radical (unpaired) electrons. The smallest absolute Gasteiger partial charge is 0.410 e. The Labute approximate surface area is 103 Å². The highest BCUT2D eigenvalue weighted by Gasteiger charge is 2.25. The molecule has 1 fully saturated rings. The van der Waals surface area contributed by atoms with E-state index in [1.165, 1.54) is 0 Å². The molecule has 0 saturated carbocycles. The Kier molecular flexibility index (Phi) is 5.21. The Bertz CT molecular complexity index is 251.